The van der Waals surface area contributed by atoms with Crippen molar-refractivity contribution in [3.63, 3.8) is 0 Å². The highest BCUT2D eigenvalue weighted by atomic mass is 35.5. The molecule has 1 aromatic carbocycles. The summed E-state index contributed by atoms with van der Waals surface area (Å²) < 4.78 is 5.27. The van der Waals surface area contributed by atoms with Crippen molar-refractivity contribution in [1.29, 1.82) is 0 Å². The van der Waals surface area contributed by atoms with Crippen LogP contribution in [-0.2, 0) is 4.74 Å². The first kappa shape index (κ1) is 14.1. The lowest BCUT2D eigenvalue weighted by molar-refractivity contribution is 0.0383. The van der Waals surface area contributed by atoms with E-state index >= 15 is 0 Å². The molecule has 19 heavy (non-hydrogen) atoms. The van der Waals surface area contributed by atoms with Gasteiger partial charge in [-0.25, -0.2) is 0 Å². The Kier molecular flexibility index (Phi) is 5.01. The summed E-state index contributed by atoms with van der Waals surface area (Å²) in [6, 6.07) is 5.06. The number of morpholine rings is 1. The van der Waals surface area contributed by atoms with Gasteiger partial charge in [0.1, 0.15) is 0 Å². The Balaban J connectivity index is 1.82. The first-order valence-electron chi connectivity index (χ1n) is 6.31. The fourth-order valence-corrected chi connectivity index (χ4v) is 2.16. The molecule has 1 aliphatic heterocycles. The van der Waals surface area contributed by atoms with Gasteiger partial charge in [0.15, 0.2) is 0 Å². The zero-order valence-corrected chi connectivity index (χ0v) is 11.4. The predicted molar refractivity (Wildman–Crippen MR) is 75.5 cm³/mol. The van der Waals surface area contributed by atoms with Crippen molar-refractivity contribution in [2.75, 3.05) is 45.1 Å². The molecule has 1 amide bonds. The van der Waals surface area contributed by atoms with Crippen LogP contribution in [0, 0.1) is 0 Å². The minimum Gasteiger partial charge on any atom is -0.397 e. The lowest BCUT2D eigenvalue weighted by Gasteiger charge is -2.26. The average molecular weight is 284 g/mol. The monoisotopic (exact) mass is 283 g/mol. The first-order valence-corrected chi connectivity index (χ1v) is 6.68. The molecule has 0 spiro atoms. The second-order valence-electron chi connectivity index (χ2n) is 4.41. The van der Waals surface area contributed by atoms with Gasteiger partial charge in [0.2, 0.25) is 0 Å². The Morgan fingerprint density at radius 1 is 1.42 bits per heavy atom. The number of carbonyl (C=O) groups excluding carboxylic acids is 1. The minimum absolute atomic E-state index is 0.187. The second-order valence-corrected chi connectivity index (χ2v) is 4.82. The van der Waals surface area contributed by atoms with Crippen LogP contribution >= 0.6 is 11.6 Å². The summed E-state index contributed by atoms with van der Waals surface area (Å²) >= 11 is 5.89. The van der Waals surface area contributed by atoms with E-state index in [0.717, 1.165) is 32.8 Å². The summed E-state index contributed by atoms with van der Waals surface area (Å²) in [5, 5.41) is 3.26. The molecular formula is C13H18ClN3O2. The number of benzene rings is 1. The van der Waals surface area contributed by atoms with E-state index in [9.17, 15) is 4.79 Å². The van der Waals surface area contributed by atoms with E-state index in [1.54, 1.807) is 18.2 Å². The Morgan fingerprint density at radius 2 is 2.16 bits per heavy atom. The molecule has 0 radical (unpaired) electrons. The molecule has 0 unspecified atom stereocenters. The average Bonchev–Trinajstić information content (AvgIpc) is 2.43. The summed E-state index contributed by atoms with van der Waals surface area (Å²) in [6.45, 7) is 4.75. The number of para-hydroxylation sites is 1. The molecule has 0 bridgehead atoms. The van der Waals surface area contributed by atoms with Crippen LogP contribution < -0.4 is 11.1 Å². The van der Waals surface area contributed by atoms with Gasteiger partial charge in [-0.05, 0) is 12.1 Å². The maximum Gasteiger partial charge on any atom is 0.253 e. The zero-order chi connectivity index (χ0) is 13.7. The van der Waals surface area contributed by atoms with E-state index in [-0.39, 0.29) is 5.91 Å². The lowest BCUT2D eigenvalue weighted by Crippen LogP contribution is -2.41. The second kappa shape index (κ2) is 6.75. The van der Waals surface area contributed by atoms with Crippen molar-refractivity contribution in [3.8, 4) is 0 Å². The van der Waals surface area contributed by atoms with E-state index < -0.39 is 0 Å². The predicted octanol–water partition coefficient (Wildman–Crippen LogP) is 0.984. The number of halogens is 1. The largest absolute Gasteiger partial charge is 0.397 e. The summed E-state index contributed by atoms with van der Waals surface area (Å²) in [7, 11) is 0. The molecule has 6 heteroatoms. The number of hydrogen-bond acceptors (Lipinski definition) is 4. The molecular weight excluding hydrogens is 266 g/mol. The summed E-state index contributed by atoms with van der Waals surface area (Å²) in [5.74, 6) is -0.187. The van der Waals surface area contributed by atoms with E-state index in [2.05, 4.69) is 10.2 Å². The molecule has 0 aliphatic carbocycles. The number of hydrogen-bond donors (Lipinski definition) is 2. The van der Waals surface area contributed by atoms with Crippen LogP contribution in [-0.4, -0.2) is 50.2 Å². The highest BCUT2D eigenvalue weighted by Gasteiger charge is 2.13. The Labute approximate surface area is 117 Å². The van der Waals surface area contributed by atoms with E-state index in [4.69, 9.17) is 22.1 Å². The molecule has 0 atom stereocenters. The van der Waals surface area contributed by atoms with Gasteiger partial charge in [0.25, 0.3) is 5.91 Å². The molecule has 0 saturated carbocycles. The Morgan fingerprint density at radius 3 is 2.89 bits per heavy atom. The molecule has 3 N–H and O–H groups in total. The van der Waals surface area contributed by atoms with Gasteiger partial charge in [-0.3, -0.25) is 9.69 Å². The van der Waals surface area contributed by atoms with Crippen molar-refractivity contribution < 1.29 is 9.53 Å². The van der Waals surface area contributed by atoms with Crippen molar-refractivity contribution in [2.45, 2.75) is 0 Å². The third kappa shape index (κ3) is 3.83. The molecule has 1 aromatic rings. The maximum atomic E-state index is 12.0. The number of anilines is 1. The fraction of sp³-hybridized carbons (Fsp3) is 0.462. The summed E-state index contributed by atoms with van der Waals surface area (Å²) in [6.07, 6.45) is 0. The van der Waals surface area contributed by atoms with Crippen molar-refractivity contribution in [1.82, 2.24) is 10.2 Å². The van der Waals surface area contributed by atoms with Crippen LogP contribution in [0.15, 0.2) is 18.2 Å². The van der Waals surface area contributed by atoms with Gasteiger partial charge in [0.05, 0.1) is 29.5 Å². The third-order valence-electron chi connectivity index (χ3n) is 3.11. The van der Waals surface area contributed by atoms with Gasteiger partial charge in [-0.2, -0.15) is 0 Å². The SMILES string of the molecule is Nc1c(Cl)cccc1C(=O)NCCN1CCOCC1. The highest BCUT2D eigenvalue weighted by Crippen LogP contribution is 2.21. The molecule has 1 fully saturated rings. The Hall–Kier alpha value is -1.30. The van der Waals surface area contributed by atoms with Crippen molar-refractivity contribution in [3.05, 3.63) is 28.8 Å². The normalized spacial score (nSPS) is 16.3. The Bertz CT molecular complexity index is 448. The van der Waals surface area contributed by atoms with Gasteiger partial charge in [0, 0.05) is 26.2 Å². The standard InChI is InChI=1S/C13H18ClN3O2/c14-11-3-1-2-10(12(11)15)13(18)16-4-5-17-6-8-19-9-7-17/h1-3H,4-9,15H2,(H,16,18). The van der Waals surface area contributed by atoms with Gasteiger partial charge < -0.3 is 15.8 Å². The number of carbonyl (C=O) groups is 1. The van der Waals surface area contributed by atoms with Crippen LogP contribution in [0.5, 0.6) is 0 Å². The van der Waals surface area contributed by atoms with Crippen LogP contribution in [0.4, 0.5) is 5.69 Å². The molecule has 5 nitrogen and oxygen atoms in total. The molecule has 104 valence electrons. The maximum absolute atomic E-state index is 12.0. The number of nitrogens with two attached hydrogens (primary N) is 1. The zero-order valence-electron chi connectivity index (χ0n) is 10.7. The number of ether oxygens (including phenoxy) is 1. The summed E-state index contributed by atoms with van der Waals surface area (Å²) in [4.78, 5) is 14.2. The molecule has 1 heterocycles. The minimum atomic E-state index is -0.187. The van der Waals surface area contributed by atoms with Gasteiger partial charge in [-0.15, -0.1) is 0 Å². The molecule has 2 rings (SSSR count). The number of amides is 1. The lowest BCUT2D eigenvalue weighted by atomic mass is 10.1. The van der Waals surface area contributed by atoms with E-state index in [1.807, 2.05) is 0 Å². The van der Waals surface area contributed by atoms with Crippen molar-refractivity contribution in [2.24, 2.45) is 0 Å². The first-order chi connectivity index (χ1) is 9.18. The van der Waals surface area contributed by atoms with E-state index in [0.29, 0.717) is 22.8 Å². The molecule has 0 aromatic heterocycles. The molecule has 1 aliphatic rings. The van der Waals surface area contributed by atoms with Crippen LogP contribution in [0.2, 0.25) is 5.02 Å². The highest BCUT2D eigenvalue weighted by molar-refractivity contribution is 6.33. The number of rotatable bonds is 4. The third-order valence-corrected chi connectivity index (χ3v) is 3.44. The van der Waals surface area contributed by atoms with E-state index in [1.165, 1.54) is 0 Å². The van der Waals surface area contributed by atoms with Gasteiger partial charge >= 0.3 is 0 Å². The van der Waals surface area contributed by atoms with Crippen molar-refractivity contribution >= 4 is 23.2 Å². The number of nitrogens with one attached hydrogen (secondary N) is 1. The quantitative estimate of drug-likeness (QED) is 0.809. The number of nitrogen functional groups attached to an aromatic ring is 1. The van der Waals surface area contributed by atoms with Crippen LogP contribution in [0.3, 0.4) is 0 Å². The topological polar surface area (TPSA) is 67.6 Å². The summed E-state index contributed by atoms with van der Waals surface area (Å²) in [5.41, 5.74) is 6.53. The number of nitrogens with zero attached hydrogens (tertiary/aromatic N) is 1. The van der Waals surface area contributed by atoms with Gasteiger partial charge in [-0.1, -0.05) is 17.7 Å². The fourth-order valence-electron chi connectivity index (χ4n) is 1.98. The molecule has 1 saturated heterocycles. The van der Waals surface area contributed by atoms with Crippen LogP contribution in [0.1, 0.15) is 10.4 Å². The smallest absolute Gasteiger partial charge is 0.253 e. The van der Waals surface area contributed by atoms with Crippen LogP contribution in [0.25, 0.3) is 0 Å².